The molecule has 0 aromatic heterocycles. The van der Waals surface area contributed by atoms with Gasteiger partial charge in [0, 0.05) is 12.2 Å². The molecule has 184 valence electrons. The highest BCUT2D eigenvalue weighted by molar-refractivity contribution is 6.80. The minimum atomic E-state index is -1.89. The summed E-state index contributed by atoms with van der Waals surface area (Å²) in [5.74, 6) is -0.491. The Kier molecular flexibility index (Phi) is 13.7. The van der Waals surface area contributed by atoms with Crippen molar-refractivity contribution in [3.05, 3.63) is 12.2 Å². The molecule has 0 aliphatic rings. The molecular weight excluding hydrogens is 426 g/mol. The van der Waals surface area contributed by atoms with Crippen LogP contribution in [0.4, 0.5) is 0 Å². The molecule has 0 aliphatic heterocycles. The molecule has 2 atom stereocenters. The number of carbonyl (C=O) groups is 1. The summed E-state index contributed by atoms with van der Waals surface area (Å²) >= 11 is 0. The lowest BCUT2D eigenvalue weighted by Gasteiger charge is -2.46. The Hall–Kier alpha value is -0.516. The minimum absolute atomic E-state index is 0.0725. The molecule has 0 spiro atoms. The van der Waals surface area contributed by atoms with Gasteiger partial charge in [0.05, 0.1) is 11.8 Å². The smallest absolute Gasteiger partial charge is 0.333 e. The van der Waals surface area contributed by atoms with Crippen LogP contribution in [0.5, 0.6) is 0 Å². The Morgan fingerprint density at radius 1 is 1.16 bits per heavy atom. The summed E-state index contributed by atoms with van der Waals surface area (Å²) in [7, 11) is -3.63. The van der Waals surface area contributed by atoms with Gasteiger partial charge in [-0.2, -0.15) is 0 Å². The van der Waals surface area contributed by atoms with Crippen LogP contribution in [0.25, 0.3) is 0 Å². The maximum Gasteiger partial charge on any atom is 0.333 e. The van der Waals surface area contributed by atoms with Gasteiger partial charge in [-0.05, 0) is 65.2 Å². The van der Waals surface area contributed by atoms with Gasteiger partial charge in [0.1, 0.15) is 12.7 Å². The SMILES string of the molecule is C=C(C)C(=O)OCC(O)COCCCC(C)[Si](C)(C)OC(C)(C)[Si](C)(C)NCCCC. The zero-order valence-electron chi connectivity index (χ0n) is 21.6. The van der Waals surface area contributed by atoms with Gasteiger partial charge in [-0.15, -0.1) is 0 Å². The molecule has 0 radical (unpaired) electrons. The predicted octanol–water partition coefficient (Wildman–Crippen LogP) is 4.79. The highest BCUT2D eigenvalue weighted by Gasteiger charge is 2.45. The molecule has 31 heavy (non-hydrogen) atoms. The molecule has 0 aromatic rings. The van der Waals surface area contributed by atoms with Crippen LogP contribution in [-0.4, -0.2) is 65.3 Å². The summed E-state index contributed by atoms with van der Waals surface area (Å²) in [4.78, 5) is 15.1. The number of esters is 1. The summed E-state index contributed by atoms with van der Waals surface area (Å²) in [6, 6.07) is 0. The highest BCUT2D eigenvalue weighted by Crippen LogP contribution is 2.34. The zero-order chi connectivity index (χ0) is 24.3. The van der Waals surface area contributed by atoms with Gasteiger partial charge in [-0.25, -0.2) is 4.79 Å². The van der Waals surface area contributed by atoms with Crippen molar-refractivity contribution in [3.63, 3.8) is 0 Å². The zero-order valence-corrected chi connectivity index (χ0v) is 23.6. The first kappa shape index (κ1) is 30.5. The molecule has 0 bridgehead atoms. The van der Waals surface area contributed by atoms with E-state index in [2.05, 4.69) is 65.4 Å². The number of carbonyl (C=O) groups excluding carboxylic acids is 1. The molecule has 0 aliphatic carbocycles. The van der Waals surface area contributed by atoms with Crippen LogP contribution in [0, 0.1) is 0 Å². The molecule has 0 fully saturated rings. The number of hydrogen-bond donors (Lipinski definition) is 2. The first-order valence-electron chi connectivity index (χ1n) is 11.7. The first-order valence-corrected chi connectivity index (χ1v) is 17.7. The van der Waals surface area contributed by atoms with Crippen LogP contribution in [0.3, 0.4) is 0 Å². The fraction of sp³-hybridized carbons (Fsp3) is 0.870. The molecule has 8 heteroatoms. The van der Waals surface area contributed by atoms with Crippen LogP contribution in [-0.2, 0) is 18.7 Å². The number of hydrogen-bond acceptors (Lipinski definition) is 6. The second-order valence-electron chi connectivity index (χ2n) is 10.3. The van der Waals surface area contributed by atoms with Crippen molar-refractivity contribution in [2.75, 3.05) is 26.4 Å². The third-order valence-electron chi connectivity index (χ3n) is 6.30. The first-order chi connectivity index (χ1) is 14.2. The van der Waals surface area contributed by atoms with E-state index in [-0.39, 0.29) is 18.4 Å². The van der Waals surface area contributed by atoms with E-state index in [4.69, 9.17) is 13.9 Å². The van der Waals surface area contributed by atoms with Crippen molar-refractivity contribution in [2.24, 2.45) is 0 Å². The summed E-state index contributed by atoms with van der Waals surface area (Å²) in [6.45, 7) is 25.2. The lowest BCUT2D eigenvalue weighted by atomic mass is 10.2. The average molecular weight is 476 g/mol. The van der Waals surface area contributed by atoms with Crippen molar-refractivity contribution >= 4 is 22.5 Å². The quantitative estimate of drug-likeness (QED) is 0.136. The Bertz CT molecular complexity index is 552. The van der Waals surface area contributed by atoms with E-state index in [1.165, 1.54) is 12.8 Å². The maximum atomic E-state index is 11.3. The van der Waals surface area contributed by atoms with Crippen molar-refractivity contribution < 1.29 is 23.8 Å². The van der Waals surface area contributed by atoms with Crippen molar-refractivity contribution in [3.8, 4) is 0 Å². The van der Waals surface area contributed by atoms with E-state index in [1.54, 1.807) is 6.92 Å². The molecule has 0 heterocycles. The summed E-state index contributed by atoms with van der Waals surface area (Å²) in [6.07, 6.45) is 3.53. The molecular formula is C23H49NO5Si2. The number of ether oxygens (including phenoxy) is 2. The Morgan fingerprint density at radius 2 is 1.77 bits per heavy atom. The average Bonchev–Trinajstić information content (AvgIpc) is 2.64. The summed E-state index contributed by atoms with van der Waals surface area (Å²) in [5.41, 5.74) is 0.819. The van der Waals surface area contributed by atoms with Gasteiger partial charge in [0.15, 0.2) is 16.6 Å². The van der Waals surface area contributed by atoms with Crippen LogP contribution in [0.1, 0.15) is 60.3 Å². The summed E-state index contributed by atoms with van der Waals surface area (Å²) < 4.78 is 17.4. The molecule has 2 unspecified atom stereocenters. The van der Waals surface area contributed by atoms with E-state index in [1.807, 2.05) is 0 Å². The predicted molar refractivity (Wildman–Crippen MR) is 134 cm³/mol. The van der Waals surface area contributed by atoms with Gasteiger partial charge in [-0.1, -0.05) is 39.9 Å². The molecule has 0 rings (SSSR count). The standard InChI is InChI=1S/C23H49NO5Si2/c1-11-12-15-24-31(9,10)23(5,6)29-30(7,8)20(4)14-13-16-27-17-21(25)18-28-22(26)19(2)3/h20-21,24-25H,2,11-18H2,1,3-10H3. The molecule has 0 saturated carbocycles. The maximum absolute atomic E-state index is 11.3. The number of unbranched alkanes of at least 4 members (excludes halogenated alkanes) is 1. The Labute approximate surface area is 193 Å². The number of aliphatic hydroxyl groups is 1. The number of aliphatic hydroxyl groups excluding tert-OH is 1. The highest BCUT2D eigenvalue weighted by atomic mass is 28.4. The number of rotatable bonds is 17. The van der Waals surface area contributed by atoms with E-state index in [9.17, 15) is 9.90 Å². The third-order valence-corrected chi connectivity index (χ3v) is 14.4. The lowest BCUT2D eigenvalue weighted by Crippen LogP contribution is -2.65. The monoisotopic (exact) mass is 475 g/mol. The topological polar surface area (TPSA) is 77.0 Å². The van der Waals surface area contributed by atoms with Gasteiger partial charge in [-0.3, -0.25) is 0 Å². The molecule has 0 saturated heterocycles. The van der Waals surface area contributed by atoms with Crippen LogP contribution < -0.4 is 4.98 Å². The fourth-order valence-electron chi connectivity index (χ4n) is 3.08. The second-order valence-corrected chi connectivity index (χ2v) is 19.5. The molecule has 2 N–H and O–H groups in total. The molecule has 0 amide bonds. The summed E-state index contributed by atoms with van der Waals surface area (Å²) in [5, 5.41) is 9.72. The largest absolute Gasteiger partial charge is 0.460 e. The Morgan fingerprint density at radius 3 is 2.32 bits per heavy atom. The van der Waals surface area contributed by atoms with E-state index >= 15 is 0 Å². The van der Waals surface area contributed by atoms with Crippen molar-refractivity contribution in [2.45, 2.75) is 103 Å². The van der Waals surface area contributed by atoms with Gasteiger partial charge in [0.2, 0.25) is 0 Å². The Balaban J connectivity index is 4.37. The van der Waals surface area contributed by atoms with Crippen molar-refractivity contribution in [1.82, 2.24) is 4.98 Å². The third kappa shape index (κ3) is 11.8. The van der Waals surface area contributed by atoms with E-state index < -0.39 is 28.6 Å². The normalized spacial score (nSPS) is 14.9. The number of nitrogens with one attached hydrogen (secondary N) is 1. The second kappa shape index (κ2) is 13.9. The van der Waals surface area contributed by atoms with Crippen molar-refractivity contribution in [1.29, 1.82) is 0 Å². The fourth-order valence-corrected chi connectivity index (χ4v) is 8.53. The molecule has 6 nitrogen and oxygen atoms in total. The minimum Gasteiger partial charge on any atom is -0.460 e. The van der Waals surface area contributed by atoms with E-state index in [0.29, 0.717) is 17.7 Å². The van der Waals surface area contributed by atoms with Gasteiger partial charge < -0.3 is 24.0 Å². The van der Waals surface area contributed by atoms with E-state index in [0.717, 1.165) is 19.4 Å². The van der Waals surface area contributed by atoms with Crippen LogP contribution >= 0.6 is 0 Å². The molecule has 0 aromatic carbocycles. The lowest BCUT2D eigenvalue weighted by molar-refractivity contribution is -0.143. The van der Waals surface area contributed by atoms with Gasteiger partial charge >= 0.3 is 5.97 Å². The van der Waals surface area contributed by atoms with Gasteiger partial charge in [0.25, 0.3) is 0 Å². The van der Waals surface area contributed by atoms with Crippen LogP contribution in [0.15, 0.2) is 12.2 Å². The van der Waals surface area contributed by atoms with Crippen LogP contribution in [0.2, 0.25) is 31.7 Å².